The Bertz CT molecular complexity index is 405. The Morgan fingerprint density at radius 1 is 1.33 bits per heavy atom. The summed E-state index contributed by atoms with van der Waals surface area (Å²) >= 11 is 0. The molecule has 1 aromatic rings. The van der Waals surface area contributed by atoms with Crippen LogP contribution in [0.2, 0.25) is 0 Å². The lowest BCUT2D eigenvalue weighted by Gasteiger charge is -2.19. The minimum Gasteiger partial charge on any atom is -0.409 e. The van der Waals surface area contributed by atoms with Crippen molar-refractivity contribution in [3.05, 3.63) is 23.9 Å². The van der Waals surface area contributed by atoms with E-state index in [0.29, 0.717) is 5.69 Å². The Balaban J connectivity index is 2.65. The van der Waals surface area contributed by atoms with Gasteiger partial charge in [0.15, 0.2) is 5.84 Å². The average molecular weight is 251 g/mol. The number of nitrogens with zero attached hydrogens (tertiary/aromatic N) is 4. The molecule has 0 amide bonds. The van der Waals surface area contributed by atoms with Crippen LogP contribution < -0.4 is 10.6 Å². The Hall–Kier alpha value is -1.82. The fourth-order valence-corrected chi connectivity index (χ4v) is 1.57. The van der Waals surface area contributed by atoms with Crippen molar-refractivity contribution in [3.63, 3.8) is 0 Å². The van der Waals surface area contributed by atoms with Crippen LogP contribution in [0.25, 0.3) is 0 Å². The molecule has 3 N–H and O–H groups in total. The minimum atomic E-state index is 0.0264. The molecule has 6 heteroatoms. The molecule has 0 spiro atoms. The van der Waals surface area contributed by atoms with Crippen molar-refractivity contribution in [1.82, 2.24) is 9.88 Å². The molecule has 0 saturated heterocycles. The number of hydrogen-bond donors (Lipinski definition) is 2. The van der Waals surface area contributed by atoms with Crippen LogP contribution in [0, 0.1) is 0 Å². The van der Waals surface area contributed by atoms with Gasteiger partial charge in [-0.25, -0.2) is 4.98 Å². The quantitative estimate of drug-likeness (QED) is 0.334. The topological polar surface area (TPSA) is 78.0 Å². The first-order valence-electron chi connectivity index (χ1n) is 5.85. The highest BCUT2D eigenvalue weighted by Crippen LogP contribution is 2.10. The van der Waals surface area contributed by atoms with E-state index in [9.17, 15) is 0 Å². The van der Waals surface area contributed by atoms with Crippen LogP contribution >= 0.6 is 0 Å². The smallest absolute Gasteiger partial charge is 0.188 e. The number of aromatic nitrogens is 1. The van der Waals surface area contributed by atoms with E-state index in [1.54, 1.807) is 6.07 Å². The van der Waals surface area contributed by atoms with Gasteiger partial charge < -0.3 is 20.7 Å². The van der Waals surface area contributed by atoms with Gasteiger partial charge in [0.2, 0.25) is 0 Å². The molecule has 1 rings (SSSR count). The lowest BCUT2D eigenvalue weighted by Crippen LogP contribution is -2.25. The largest absolute Gasteiger partial charge is 0.409 e. The maximum Gasteiger partial charge on any atom is 0.188 e. The molecule has 0 fully saturated rings. The molecule has 0 saturated carbocycles. The lowest BCUT2D eigenvalue weighted by atomic mass is 10.3. The molecule has 18 heavy (non-hydrogen) atoms. The van der Waals surface area contributed by atoms with Gasteiger partial charge in [0.25, 0.3) is 0 Å². The maximum absolute atomic E-state index is 8.62. The number of oxime groups is 1. The minimum absolute atomic E-state index is 0.0264. The van der Waals surface area contributed by atoms with Crippen LogP contribution in [0.15, 0.2) is 23.4 Å². The summed E-state index contributed by atoms with van der Waals surface area (Å²) in [5, 5.41) is 11.6. The van der Waals surface area contributed by atoms with E-state index < -0.39 is 0 Å². The molecule has 0 unspecified atom stereocenters. The summed E-state index contributed by atoms with van der Waals surface area (Å²) < 4.78 is 0. The van der Waals surface area contributed by atoms with Gasteiger partial charge in [0, 0.05) is 13.6 Å². The van der Waals surface area contributed by atoms with Gasteiger partial charge in [0.05, 0.1) is 0 Å². The standard InChI is InChI=1S/C12H21N5O/c1-16(2)8-5-9-17(3)11-7-4-6-10(14-11)12(13)15-18/h4,6-7,18H,5,8-9H2,1-3H3,(H2,13,15). The van der Waals surface area contributed by atoms with Crippen molar-refractivity contribution in [2.24, 2.45) is 10.9 Å². The van der Waals surface area contributed by atoms with Crippen LogP contribution in [0.4, 0.5) is 5.82 Å². The first-order valence-corrected chi connectivity index (χ1v) is 5.85. The molecule has 6 nitrogen and oxygen atoms in total. The first-order chi connectivity index (χ1) is 8.54. The van der Waals surface area contributed by atoms with Crippen LogP contribution in [0.5, 0.6) is 0 Å². The van der Waals surface area contributed by atoms with Gasteiger partial charge in [-0.05, 0) is 39.2 Å². The normalized spacial score (nSPS) is 11.9. The van der Waals surface area contributed by atoms with E-state index >= 15 is 0 Å². The van der Waals surface area contributed by atoms with E-state index in [1.807, 2.05) is 19.2 Å². The Kier molecular flexibility index (Phi) is 5.38. The molecule has 0 radical (unpaired) electrons. The summed E-state index contributed by atoms with van der Waals surface area (Å²) in [5.74, 6) is 0.844. The second-order valence-electron chi connectivity index (χ2n) is 4.44. The molecule has 0 aliphatic rings. The number of rotatable bonds is 6. The Labute approximate surface area is 108 Å². The van der Waals surface area contributed by atoms with E-state index in [-0.39, 0.29) is 5.84 Å². The summed E-state index contributed by atoms with van der Waals surface area (Å²) in [4.78, 5) is 8.54. The molecule has 1 aromatic heterocycles. The van der Waals surface area contributed by atoms with Crippen molar-refractivity contribution in [2.45, 2.75) is 6.42 Å². The highest BCUT2D eigenvalue weighted by molar-refractivity contribution is 5.95. The second kappa shape index (κ2) is 6.80. The summed E-state index contributed by atoms with van der Waals surface area (Å²) in [5.41, 5.74) is 6.00. The number of amidine groups is 1. The highest BCUT2D eigenvalue weighted by Gasteiger charge is 2.06. The molecular weight excluding hydrogens is 230 g/mol. The van der Waals surface area contributed by atoms with Gasteiger partial charge in [-0.3, -0.25) is 0 Å². The Morgan fingerprint density at radius 3 is 2.67 bits per heavy atom. The third-order valence-corrected chi connectivity index (χ3v) is 2.59. The number of nitrogens with two attached hydrogens (primary N) is 1. The Morgan fingerprint density at radius 2 is 2.06 bits per heavy atom. The highest BCUT2D eigenvalue weighted by atomic mass is 16.4. The maximum atomic E-state index is 8.62. The third kappa shape index (κ3) is 4.21. The molecule has 0 aliphatic carbocycles. The van der Waals surface area contributed by atoms with Crippen molar-refractivity contribution >= 4 is 11.7 Å². The van der Waals surface area contributed by atoms with E-state index in [4.69, 9.17) is 10.9 Å². The fraction of sp³-hybridized carbons (Fsp3) is 0.500. The number of hydrogen-bond acceptors (Lipinski definition) is 5. The molecule has 100 valence electrons. The molecule has 0 aliphatic heterocycles. The van der Waals surface area contributed by atoms with Crippen molar-refractivity contribution in [2.75, 3.05) is 39.1 Å². The summed E-state index contributed by atoms with van der Waals surface area (Å²) in [6, 6.07) is 5.47. The predicted molar refractivity (Wildman–Crippen MR) is 73.2 cm³/mol. The van der Waals surface area contributed by atoms with Gasteiger partial charge in [-0.1, -0.05) is 11.2 Å². The summed E-state index contributed by atoms with van der Waals surface area (Å²) in [7, 11) is 6.09. The predicted octanol–water partition coefficient (Wildman–Crippen LogP) is 0.564. The number of pyridine rings is 1. The van der Waals surface area contributed by atoms with Crippen LogP contribution in [0.1, 0.15) is 12.1 Å². The third-order valence-electron chi connectivity index (χ3n) is 2.59. The van der Waals surface area contributed by atoms with E-state index in [2.05, 4.69) is 34.0 Å². The van der Waals surface area contributed by atoms with Gasteiger partial charge in [0.1, 0.15) is 11.5 Å². The zero-order chi connectivity index (χ0) is 13.5. The average Bonchev–Trinajstić information content (AvgIpc) is 2.37. The van der Waals surface area contributed by atoms with Crippen LogP contribution in [-0.4, -0.2) is 55.2 Å². The van der Waals surface area contributed by atoms with Crippen LogP contribution in [0.3, 0.4) is 0 Å². The fourth-order valence-electron chi connectivity index (χ4n) is 1.57. The summed E-state index contributed by atoms with van der Waals surface area (Å²) in [6.45, 7) is 1.94. The molecule has 1 heterocycles. The summed E-state index contributed by atoms with van der Waals surface area (Å²) in [6.07, 6.45) is 1.05. The molecule has 0 bridgehead atoms. The van der Waals surface area contributed by atoms with Crippen molar-refractivity contribution in [3.8, 4) is 0 Å². The van der Waals surface area contributed by atoms with Gasteiger partial charge in [-0.15, -0.1) is 0 Å². The lowest BCUT2D eigenvalue weighted by molar-refractivity contribution is 0.318. The number of anilines is 1. The zero-order valence-corrected chi connectivity index (χ0v) is 11.2. The second-order valence-corrected chi connectivity index (χ2v) is 4.44. The van der Waals surface area contributed by atoms with E-state index in [1.165, 1.54) is 0 Å². The SMILES string of the molecule is CN(C)CCCN(C)c1cccc(C(N)=NO)n1. The van der Waals surface area contributed by atoms with Gasteiger partial charge in [-0.2, -0.15) is 0 Å². The molecule has 0 atom stereocenters. The van der Waals surface area contributed by atoms with Gasteiger partial charge >= 0.3 is 0 Å². The molecular formula is C12H21N5O. The van der Waals surface area contributed by atoms with E-state index in [0.717, 1.165) is 25.3 Å². The first kappa shape index (κ1) is 14.2. The molecule has 0 aromatic carbocycles. The van der Waals surface area contributed by atoms with Crippen molar-refractivity contribution < 1.29 is 5.21 Å². The monoisotopic (exact) mass is 251 g/mol. The zero-order valence-electron chi connectivity index (χ0n) is 11.2. The van der Waals surface area contributed by atoms with Crippen molar-refractivity contribution in [1.29, 1.82) is 0 Å². The van der Waals surface area contributed by atoms with Crippen LogP contribution in [-0.2, 0) is 0 Å².